The Morgan fingerprint density at radius 3 is 3.12 bits per heavy atom. The standard InChI is InChI=1S/C11H17N3OS/c1-11(12)5-3-2-4-8(11)9(15)14-10-13-6-7-16-10/h6-8H,2-5,12H2,1H3,(H,13,14,15). The molecule has 16 heavy (non-hydrogen) atoms. The van der Waals surface area contributed by atoms with Crippen molar-refractivity contribution < 1.29 is 4.79 Å². The third-order valence-electron chi connectivity index (χ3n) is 3.23. The summed E-state index contributed by atoms with van der Waals surface area (Å²) in [5, 5.41) is 5.34. The third-order valence-corrected chi connectivity index (χ3v) is 3.92. The highest BCUT2D eigenvalue weighted by Crippen LogP contribution is 2.32. The molecule has 3 N–H and O–H groups in total. The van der Waals surface area contributed by atoms with Gasteiger partial charge in [-0.05, 0) is 19.8 Å². The minimum atomic E-state index is -0.375. The summed E-state index contributed by atoms with van der Waals surface area (Å²) in [6, 6.07) is 0. The van der Waals surface area contributed by atoms with Crippen LogP contribution in [-0.4, -0.2) is 16.4 Å². The fourth-order valence-corrected chi connectivity index (χ4v) is 2.80. The lowest BCUT2D eigenvalue weighted by Crippen LogP contribution is -2.51. The predicted molar refractivity (Wildman–Crippen MR) is 65.3 cm³/mol. The zero-order valence-electron chi connectivity index (χ0n) is 9.40. The van der Waals surface area contributed by atoms with Crippen molar-refractivity contribution in [2.45, 2.75) is 38.1 Å². The Labute approximate surface area is 99.3 Å². The summed E-state index contributed by atoms with van der Waals surface area (Å²) in [6.45, 7) is 1.97. The molecule has 1 amide bonds. The van der Waals surface area contributed by atoms with Crippen molar-refractivity contribution in [3.8, 4) is 0 Å². The molecule has 1 saturated carbocycles. The first kappa shape index (κ1) is 11.5. The Hall–Kier alpha value is -0.940. The molecule has 1 aromatic heterocycles. The van der Waals surface area contributed by atoms with Gasteiger partial charge in [0.1, 0.15) is 0 Å². The van der Waals surface area contributed by atoms with Crippen molar-refractivity contribution in [3.05, 3.63) is 11.6 Å². The zero-order valence-corrected chi connectivity index (χ0v) is 10.2. The molecule has 1 aromatic rings. The molecular weight excluding hydrogens is 222 g/mol. The van der Waals surface area contributed by atoms with Gasteiger partial charge >= 0.3 is 0 Å². The van der Waals surface area contributed by atoms with Gasteiger partial charge in [0, 0.05) is 17.1 Å². The number of nitrogens with zero attached hydrogens (tertiary/aromatic N) is 1. The van der Waals surface area contributed by atoms with E-state index in [0.29, 0.717) is 5.13 Å². The van der Waals surface area contributed by atoms with Gasteiger partial charge in [0.05, 0.1) is 5.92 Å². The molecule has 1 fully saturated rings. The Bertz CT molecular complexity index is 361. The van der Waals surface area contributed by atoms with Crippen LogP contribution in [-0.2, 0) is 4.79 Å². The summed E-state index contributed by atoms with van der Waals surface area (Å²) in [5.74, 6) is -0.0789. The molecule has 1 aliphatic carbocycles. The van der Waals surface area contributed by atoms with Crippen molar-refractivity contribution in [3.63, 3.8) is 0 Å². The summed E-state index contributed by atoms with van der Waals surface area (Å²) < 4.78 is 0. The molecular formula is C11H17N3OS. The number of carbonyl (C=O) groups excluding carboxylic acids is 1. The number of nitrogens with one attached hydrogen (secondary N) is 1. The predicted octanol–water partition coefficient (Wildman–Crippen LogP) is 1.99. The number of aromatic nitrogens is 1. The molecule has 0 saturated heterocycles. The molecule has 0 bridgehead atoms. The van der Waals surface area contributed by atoms with E-state index in [1.54, 1.807) is 6.20 Å². The number of hydrogen-bond acceptors (Lipinski definition) is 4. The average molecular weight is 239 g/mol. The van der Waals surface area contributed by atoms with Crippen molar-refractivity contribution in [2.24, 2.45) is 11.7 Å². The van der Waals surface area contributed by atoms with Crippen molar-refractivity contribution in [1.29, 1.82) is 0 Å². The lowest BCUT2D eigenvalue weighted by Gasteiger charge is -2.36. The van der Waals surface area contributed by atoms with Crippen molar-refractivity contribution >= 4 is 22.4 Å². The average Bonchev–Trinajstić information content (AvgIpc) is 2.69. The molecule has 0 spiro atoms. The molecule has 1 heterocycles. The Morgan fingerprint density at radius 1 is 1.69 bits per heavy atom. The topological polar surface area (TPSA) is 68.0 Å². The van der Waals surface area contributed by atoms with E-state index in [1.165, 1.54) is 11.3 Å². The highest BCUT2D eigenvalue weighted by molar-refractivity contribution is 7.13. The van der Waals surface area contributed by atoms with Crippen LogP contribution in [0.3, 0.4) is 0 Å². The van der Waals surface area contributed by atoms with E-state index in [9.17, 15) is 4.79 Å². The quantitative estimate of drug-likeness (QED) is 0.829. The number of carbonyl (C=O) groups is 1. The second-order valence-corrected chi connectivity index (χ2v) is 5.53. The molecule has 5 heteroatoms. The number of thiazole rings is 1. The van der Waals surface area contributed by atoms with E-state index in [0.717, 1.165) is 25.7 Å². The van der Waals surface area contributed by atoms with Gasteiger partial charge in [0.2, 0.25) is 5.91 Å². The van der Waals surface area contributed by atoms with Crippen LogP contribution in [0.4, 0.5) is 5.13 Å². The first-order chi connectivity index (χ1) is 7.59. The summed E-state index contributed by atoms with van der Waals surface area (Å²) in [5.41, 5.74) is 5.80. The van der Waals surface area contributed by atoms with Crippen molar-refractivity contribution in [1.82, 2.24) is 4.98 Å². The van der Waals surface area contributed by atoms with Crippen LogP contribution < -0.4 is 11.1 Å². The SMILES string of the molecule is CC1(N)CCCCC1C(=O)Nc1nccs1. The highest BCUT2D eigenvalue weighted by Gasteiger charge is 2.37. The maximum absolute atomic E-state index is 12.1. The molecule has 0 aliphatic heterocycles. The largest absolute Gasteiger partial charge is 0.325 e. The minimum absolute atomic E-state index is 0.0136. The number of amides is 1. The zero-order chi connectivity index (χ0) is 11.6. The minimum Gasteiger partial charge on any atom is -0.325 e. The molecule has 2 unspecified atom stereocenters. The lowest BCUT2D eigenvalue weighted by atomic mass is 9.74. The van der Waals surface area contributed by atoms with E-state index in [1.807, 2.05) is 12.3 Å². The molecule has 0 aromatic carbocycles. The summed E-state index contributed by atoms with van der Waals surface area (Å²) >= 11 is 1.43. The van der Waals surface area contributed by atoms with Crippen LogP contribution in [0.1, 0.15) is 32.6 Å². The van der Waals surface area contributed by atoms with Gasteiger partial charge in [0.25, 0.3) is 0 Å². The highest BCUT2D eigenvalue weighted by atomic mass is 32.1. The third kappa shape index (κ3) is 2.41. The number of anilines is 1. The van der Waals surface area contributed by atoms with Crippen LogP contribution in [0.5, 0.6) is 0 Å². The van der Waals surface area contributed by atoms with Gasteiger partial charge in [0.15, 0.2) is 5.13 Å². The van der Waals surface area contributed by atoms with Crippen LogP contribution in [0.2, 0.25) is 0 Å². The second kappa shape index (κ2) is 4.51. The fourth-order valence-electron chi connectivity index (χ4n) is 2.27. The maximum Gasteiger partial charge on any atom is 0.231 e. The van der Waals surface area contributed by atoms with Gasteiger partial charge in [-0.25, -0.2) is 4.98 Å². The number of nitrogens with two attached hydrogens (primary N) is 1. The van der Waals surface area contributed by atoms with Crippen molar-refractivity contribution in [2.75, 3.05) is 5.32 Å². The van der Waals surface area contributed by atoms with E-state index in [-0.39, 0.29) is 17.4 Å². The number of rotatable bonds is 2. The van der Waals surface area contributed by atoms with Crippen LogP contribution in [0.25, 0.3) is 0 Å². The maximum atomic E-state index is 12.1. The summed E-state index contributed by atoms with van der Waals surface area (Å²) in [4.78, 5) is 16.1. The number of hydrogen-bond donors (Lipinski definition) is 2. The molecule has 4 nitrogen and oxygen atoms in total. The fraction of sp³-hybridized carbons (Fsp3) is 0.636. The first-order valence-corrected chi connectivity index (χ1v) is 6.47. The summed E-state index contributed by atoms with van der Waals surface area (Å²) in [6.07, 6.45) is 5.69. The molecule has 2 atom stereocenters. The summed E-state index contributed by atoms with van der Waals surface area (Å²) in [7, 11) is 0. The van der Waals surface area contributed by atoms with E-state index >= 15 is 0 Å². The van der Waals surface area contributed by atoms with Gasteiger partial charge in [-0.3, -0.25) is 4.79 Å². The molecule has 0 radical (unpaired) electrons. The second-order valence-electron chi connectivity index (χ2n) is 4.63. The van der Waals surface area contributed by atoms with E-state index < -0.39 is 0 Å². The van der Waals surface area contributed by atoms with Crippen LogP contribution >= 0.6 is 11.3 Å². The Morgan fingerprint density at radius 2 is 2.50 bits per heavy atom. The van der Waals surface area contributed by atoms with E-state index in [2.05, 4.69) is 10.3 Å². The molecule has 1 aliphatic rings. The molecule has 2 rings (SSSR count). The van der Waals surface area contributed by atoms with Gasteiger partial charge in [-0.1, -0.05) is 12.8 Å². The van der Waals surface area contributed by atoms with Gasteiger partial charge in [-0.2, -0.15) is 0 Å². The van der Waals surface area contributed by atoms with Gasteiger partial charge < -0.3 is 11.1 Å². The first-order valence-electron chi connectivity index (χ1n) is 5.59. The normalized spacial score (nSPS) is 30.0. The Kier molecular flexibility index (Phi) is 3.25. The van der Waals surface area contributed by atoms with Crippen LogP contribution in [0.15, 0.2) is 11.6 Å². The van der Waals surface area contributed by atoms with Crippen LogP contribution in [0, 0.1) is 5.92 Å². The lowest BCUT2D eigenvalue weighted by molar-refractivity contribution is -0.122. The van der Waals surface area contributed by atoms with E-state index in [4.69, 9.17) is 5.73 Å². The smallest absolute Gasteiger partial charge is 0.231 e. The monoisotopic (exact) mass is 239 g/mol. The van der Waals surface area contributed by atoms with Gasteiger partial charge in [-0.15, -0.1) is 11.3 Å². The molecule has 88 valence electrons. The Balaban J connectivity index is 2.03.